The van der Waals surface area contributed by atoms with Crippen LogP contribution in [0.2, 0.25) is 5.02 Å². The van der Waals surface area contributed by atoms with Crippen molar-refractivity contribution in [2.75, 3.05) is 24.5 Å². The average Bonchev–Trinajstić information content (AvgIpc) is 2.94. The molecule has 1 amide bonds. The molecular weight excluding hydrogens is 298 g/mol. The molecule has 0 unspecified atom stereocenters. The van der Waals surface area contributed by atoms with Crippen LogP contribution < -0.4 is 4.90 Å². The van der Waals surface area contributed by atoms with Gasteiger partial charge in [-0.2, -0.15) is 5.26 Å². The Balaban J connectivity index is 2.25. The van der Waals surface area contributed by atoms with Gasteiger partial charge in [-0.15, -0.1) is 0 Å². The minimum Gasteiger partial charge on any atom is -0.366 e. The molecule has 1 atom stereocenters. The molecule has 118 valence electrons. The normalized spacial score (nSPS) is 17.6. The van der Waals surface area contributed by atoms with Crippen molar-refractivity contribution in [3.05, 3.63) is 28.8 Å². The molecule has 0 bridgehead atoms. The lowest BCUT2D eigenvalue weighted by Gasteiger charge is -2.33. The number of rotatable bonds is 4. The summed E-state index contributed by atoms with van der Waals surface area (Å²) >= 11 is 6.18. The summed E-state index contributed by atoms with van der Waals surface area (Å²) in [6.45, 7) is 8.43. The number of anilines is 1. The molecule has 5 heteroatoms. The summed E-state index contributed by atoms with van der Waals surface area (Å²) in [5.74, 6) is 0.630. The van der Waals surface area contributed by atoms with Crippen molar-refractivity contribution in [3.8, 4) is 6.07 Å². The SMILES string of the molecule is CC(=O)N1CC[C@H](N(CC(C)C)c2ccc(C#N)c(Cl)c2)C1. The molecule has 1 aromatic carbocycles. The van der Waals surface area contributed by atoms with Crippen LogP contribution in [0, 0.1) is 17.2 Å². The number of carbonyl (C=O) groups excluding carboxylic acids is 1. The first-order valence-electron chi connectivity index (χ1n) is 7.64. The molecule has 1 aliphatic rings. The molecule has 22 heavy (non-hydrogen) atoms. The Morgan fingerprint density at radius 2 is 2.27 bits per heavy atom. The third kappa shape index (κ3) is 3.72. The van der Waals surface area contributed by atoms with Gasteiger partial charge in [-0.25, -0.2) is 0 Å². The number of amides is 1. The maximum absolute atomic E-state index is 11.6. The van der Waals surface area contributed by atoms with Crippen LogP contribution in [-0.2, 0) is 4.79 Å². The minimum atomic E-state index is 0.129. The quantitative estimate of drug-likeness (QED) is 0.855. The highest BCUT2D eigenvalue weighted by molar-refractivity contribution is 6.32. The molecular formula is C17H22ClN3O. The second-order valence-electron chi connectivity index (χ2n) is 6.23. The lowest BCUT2D eigenvalue weighted by atomic mass is 10.1. The van der Waals surface area contributed by atoms with Gasteiger partial charge in [-0.05, 0) is 30.5 Å². The summed E-state index contributed by atoms with van der Waals surface area (Å²) in [6.07, 6.45) is 0.962. The molecule has 2 rings (SSSR count). The standard InChI is InChI=1S/C17H22ClN3O/c1-12(2)10-21(16-6-7-20(11-16)13(3)22)15-5-4-14(9-19)17(18)8-15/h4-5,8,12,16H,6-7,10-11H2,1-3H3/t16-/m0/s1. The monoisotopic (exact) mass is 319 g/mol. The lowest BCUT2D eigenvalue weighted by molar-refractivity contribution is -0.127. The van der Waals surface area contributed by atoms with Crippen molar-refractivity contribution in [3.63, 3.8) is 0 Å². The molecule has 4 nitrogen and oxygen atoms in total. The van der Waals surface area contributed by atoms with E-state index in [1.165, 1.54) is 0 Å². The molecule has 1 heterocycles. The summed E-state index contributed by atoms with van der Waals surface area (Å²) in [4.78, 5) is 15.8. The van der Waals surface area contributed by atoms with Crippen LogP contribution in [0.4, 0.5) is 5.69 Å². The predicted molar refractivity (Wildman–Crippen MR) is 89.0 cm³/mol. The highest BCUT2D eigenvalue weighted by Gasteiger charge is 2.29. The van der Waals surface area contributed by atoms with Gasteiger partial charge >= 0.3 is 0 Å². The average molecular weight is 320 g/mol. The Labute approximate surface area is 137 Å². The van der Waals surface area contributed by atoms with Crippen LogP contribution in [-0.4, -0.2) is 36.5 Å². The topological polar surface area (TPSA) is 47.3 Å². The number of carbonyl (C=O) groups is 1. The number of nitriles is 1. The highest BCUT2D eigenvalue weighted by atomic mass is 35.5. The van der Waals surface area contributed by atoms with E-state index in [9.17, 15) is 4.79 Å². The Morgan fingerprint density at radius 1 is 1.55 bits per heavy atom. The van der Waals surface area contributed by atoms with Crippen molar-refractivity contribution in [2.24, 2.45) is 5.92 Å². The second-order valence-corrected chi connectivity index (χ2v) is 6.64. The van der Waals surface area contributed by atoms with Gasteiger partial charge in [0, 0.05) is 38.3 Å². The molecule has 1 aromatic rings. The number of halogens is 1. The highest BCUT2D eigenvalue weighted by Crippen LogP contribution is 2.28. The first kappa shape index (κ1) is 16.6. The number of nitrogens with zero attached hydrogens (tertiary/aromatic N) is 3. The molecule has 0 aliphatic carbocycles. The van der Waals surface area contributed by atoms with Gasteiger partial charge in [0.15, 0.2) is 0 Å². The fourth-order valence-electron chi connectivity index (χ4n) is 2.91. The minimum absolute atomic E-state index is 0.129. The van der Waals surface area contributed by atoms with Gasteiger partial charge < -0.3 is 9.80 Å². The lowest BCUT2D eigenvalue weighted by Crippen LogP contribution is -2.40. The van der Waals surface area contributed by atoms with E-state index in [0.717, 1.165) is 31.7 Å². The number of likely N-dealkylation sites (tertiary alicyclic amines) is 1. The first-order chi connectivity index (χ1) is 10.4. The van der Waals surface area contributed by atoms with Crippen LogP contribution in [0.3, 0.4) is 0 Å². The third-order valence-corrected chi connectivity index (χ3v) is 4.33. The zero-order valence-corrected chi connectivity index (χ0v) is 14.1. The van der Waals surface area contributed by atoms with Crippen molar-refractivity contribution in [1.29, 1.82) is 5.26 Å². The maximum Gasteiger partial charge on any atom is 0.219 e. The molecule has 0 aromatic heterocycles. The molecule has 0 radical (unpaired) electrons. The van der Waals surface area contributed by atoms with Crippen LogP contribution in [0.5, 0.6) is 0 Å². The van der Waals surface area contributed by atoms with E-state index in [4.69, 9.17) is 16.9 Å². The molecule has 0 spiro atoms. The summed E-state index contributed by atoms with van der Waals surface area (Å²) in [5, 5.41) is 9.49. The van der Waals surface area contributed by atoms with Gasteiger partial charge in [-0.1, -0.05) is 25.4 Å². The van der Waals surface area contributed by atoms with Crippen LogP contribution in [0.1, 0.15) is 32.8 Å². The Morgan fingerprint density at radius 3 is 2.77 bits per heavy atom. The van der Waals surface area contributed by atoms with E-state index in [1.807, 2.05) is 17.0 Å². The van der Waals surface area contributed by atoms with Gasteiger partial charge in [0.25, 0.3) is 0 Å². The third-order valence-electron chi connectivity index (χ3n) is 4.02. The summed E-state index contributed by atoms with van der Waals surface area (Å²) < 4.78 is 0. The Kier molecular flexibility index (Phi) is 5.31. The van der Waals surface area contributed by atoms with E-state index in [1.54, 1.807) is 13.0 Å². The van der Waals surface area contributed by atoms with E-state index < -0.39 is 0 Å². The van der Waals surface area contributed by atoms with E-state index >= 15 is 0 Å². The van der Waals surface area contributed by atoms with Gasteiger partial charge in [-0.3, -0.25) is 4.79 Å². The van der Waals surface area contributed by atoms with E-state index in [0.29, 0.717) is 22.5 Å². The molecule has 1 aliphatic heterocycles. The smallest absolute Gasteiger partial charge is 0.219 e. The van der Waals surface area contributed by atoms with Gasteiger partial charge in [0.05, 0.1) is 10.6 Å². The number of benzene rings is 1. The van der Waals surface area contributed by atoms with Crippen molar-refractivity contribution >= 4 is 23.2 Å². The fraction of sp³-hybridized carbons (Fsp3) is 0.529. The maximum atomic E-state index is 11.6. The van der Waals surface area contributed by atoms with E-state index in [-0.39, 0.29) is 5.91 Å². The van der Waals surface area contributed by atoms with Crippen LogP contribution in [0.25, 0.3) is 0 Å². The number of hydrogen-bond donors (Lipinski definition) is 0. The van der Waals surface area contributed by atoms with Crippen LogP contribution >= 0.6 is 11.6 Å². The molecule has 0 saturated carbocycles. The zero-order valence-electron chi connectivity index (χ0n) is 13.3. The second kappa shape index (κ2) is 7.02. The molecule has 0 N–H and O–H groups in total. The van der Waals surface area contributed by atoms with Crippen molar-refractivity contribution in [1.82, 2.24) is 4.90 Å². The summed E-state index contributed by atoms with van der Waals surface area (Å²) in [5.41, 5.74) is 1.51. The Hall–Kier alpha value is -1.73. The van der Waals surface area contributed by atoms with E-state index in [2.05, 4.69) is 24.8 Å². The summed E-state index contributed by atoms with van der Waals surface area (Å²) in [6, 6.07) is 7.97. The van der Waals surface area contributed by atoms with Gasteiger partial charge in [0.1, 0.15) is 6.07 Å². The molecule has 1 fully saturated rings. The predicted octanol–water partition coefficient (Wildman–Crippen LogP) is 3.29. The fourth-order valence-corrected chi connectivity index (χ4v) is 3.13. The zero-order chi connectivity index (χ0) is 16.3. The Bertz CT molecular complexity index is 594. The van der Waals surface area contributed by atoms with Crippen molar-refractivity contribution in [2.45, 2.75) is 33.2 Å². The van der Waals surface area contributed by atoms with Gasteiger partial charge in [0.2, 0.25) is 5.91 Å². The number of hydrogen-bond acceptors (Lipinski definition) is 3. The first-order valence-corrected chi connectivity index (χ1v) is 8.02. The molecule has 1 saturated heterocycles. The summed E-state index contributed by atoms with van der Waals surface area (Å²) in [7, 11) is 0. The van der Waals surface area contributed by atoms with Crippen molar-refractivity contribution < 1.29 is 4.79 Å². The largest absolute Gasteiger partial charge is 0.366 e. The van der Waals surface area contributed by atoms with Crippen LogP contribution in [0.15, 0.2) is 18.2 Å².